The molecule has 0 aliphatic carbocycles. The van der Waals surface area contributed by atoms with E-state index < -0.39 is 15.3 Å². The van der Waals surface area contributed by atoms with E-state index in [1.807, 2.05) is 26.0 Å². The summed E-state index contributed by atoms with van der Waals surface area (Å²) in [5.41, 5.74) is 2.65. The molecule has 0 radical (unpaired) electrons. The van der Waals surface area contributed by atoms with Gasteiger partial charge in [0.15, 0.2) is 5.58 Å². The number of rotatable bonds is 6. The molecular formula is C21H30N4O5S. The second-order valence-electron chi connectivity index (χ2n) is 8.77. The monoisotopic (exact) mass is 450 g/mol. The van der Waals surface area contributed by atoms with Gasteiger partial charge >= 0.3 is 6.03 Å². The lowest BCUT2D eigenvalue weighted by Gasteiger charge is -2.42. The van der Waals surface area contributed by atoms with E-state index in [-0.39, 0.29) is 43.6 Å². The lowest BCUT2D eigenvalue weighted by molar-refractivity contribution is 0.148. The molecule has 2 aromatic rings. The number of sulfonamides is 1. The van der Waals surface area contributed by atoms with Crippen molar-refractivity contribution in [3.8, 4) is 0 Å². The lowest BCUT2D eigenvalue weighted by atomic mass is 9.91. The number of hydrogen-bond acceptors (Lipinski definition) is 6. The second-order valence-corrected chi connectivity index (χ2v) is 11.0. The second kappa shape index (κ2) is 8.76. The summed E-state index contributed by atoms with van der Waals surface area (Å²) in [7, 11) is -3.45. The number of nitrogens with one attached hydrogen (secondary N) is 1. The molecule has 1 atom stereocenters. The topological polar surface area (TPSA) is 116 Å². The van der Waals surface area contributed by atoms with E-state index >= 15 is 0 Å². The van der Waals surface area contributed by atoms with Crippen LogP contribution in [-0.2, 0) is 10.0 Å². The van der Waals surface area contributed by atoms with Crippen molar-refractivity contribution in [2.75, 3.05) is 32.8 Å². The quantitative estimate of drug-likeness (QED) is 0.693. The van der Waals surface area contributed by atoms with Gasteiger partial charge in [0.25, 0.3) is 0 Å². The summed E-state index contributed by atoms with van der Waals surface area (Å²) in [6, 6.07) is 3.06. The number of nitrogens with zero attached hydrogens (tertiary/aromatic N) is 3. The fraction of sp³-hybridized carbons (Fsp3) is 0.619. The number of piperidine rings is 1. The average molecular weight is 451 g/mol. The van der Waals surface area contributed by atoms with Crippen molar-refractivity contribution >= 4 is 27.2 Å². The number of aromatic nitrogens is 1. The van der Waals surface area contributed by atoms with Crippen molar-refractivity contribution in [3.63, 3.8) is 0 Å². The molecule has 9 nitrogen and oxygen atoms in total. The molecule has 2 saturated heterocycles. The summed E-state index contributed by atoms with van der Waals surface area (Å²) in [5.74, 6) is 0.316. The van der Waals surface area contributed by atoms with Crippen molar-refractivity contribution < 1.29 is 22.7 Å². The van der Waals surface area contributed by atoms with Gasteiger partial charge in [-0.2, -0.15) is 0 Å². The summed E-state index contributed by atoms with van der Waals surface area (Å²) < 4.78 is 33.2. The van der Waals surface area contributed by atoms with Gasteiger partial charge in [0.05, 0.1) is 18.9 Å². The minimum atomic E-state index is -3.45. The van der Waals surface area contributed by atoms with Gasteiger partial charge < -0.3 is 19.7 Å². The fourth-order valence-corrected chi connectivity index (χ4v) is 6.15. The zero-order valence-electron chi connectivity index (χ0n) is 17.9. The summed E-state index contributed by atoms with van der Waals surface area (Å²) in [4.78, 5) is 18.2. The molecule has 2 fully saturated rings. The number of carbonyl (C=O) groups is 1. The number of carbonyl (C=O) groups excluding carboxylic acids is 1. The average Bonchev–Trinajstić information content (AvgIpc) is 3.14. The van der Waals surface area contributed by atoms with Gasteiger partial charge in [-0.3, -0.25) is 4.98 Å². The molecule has 31 heavy (non-hydrogen) atoms. The Morgan fingerprint density at radius 2 is 2.03 bits per heavy atom. The first-order chi connectivity index (χ1) is 14.8. The van der Waals surface area contributed by atoms with E-state index in [0.29, 0.717) is 25.9 Å². The van der Waals surface area contributed by atoms with Crippen molar-refractivity contribution in [3.05, 3.63) is 30.2 Å². The van der Waals surface area contributed by atoms with Crippen LogP contribution in [0.1, 0.15) is 38.2 Å². The molecule has 1 unspecified atom stereocenters. The SMILES string of the molecule is CC(C)C(CO)NC(=O)N1CC(S(=O)(=O)N2CCC(c3coc4cccnc34)CC2)C1. The Labute approximate surface area is 182 Å². The third kappa shape index (κ3) is 4.28. The minimum absolute atomic E-state index is 0.0959. The molecule has 2 aromatic heterocycles. The molecule has 4 heterocycles. The van der Waals surface area contributed by atoms with Crippen LogP contribution in [0.4, 0.5) is 4.79 Å². The number of hydrogen-bond donors (Lipinski definition) is 2. The van der Waals surface area contributed by atoms with Gasteiger partial charge in [-0.25, -0.2) is 17.5 Å². The molecule has 2 N–H and O–H groups in total. The van der Waals surface area contributed by atoms with E-state index in [1.54, 1.807) is 16.8 Å². The smallest absolute Gasteiger partial charge is 0.317 e. The highest BCUT2D eigenvalue weighted by Gasteiger charge is 2.44. The maximum Gasteiger partial charge on any atom is 0.317 e. The Morgan fingerprint density at radius 3 is 2.68 bits per heavy atom. The molecule has 4 rings (SSSR count). The van der Waals surface area contributed by atoms with Gasteiger partial charge in [-0.05, 0) is 36.8 Å². The van der Waals surface area contributed by atoms with Crippen LogP contribution < -0.4 is 5.32 Å². The number of aliphatic hydroxyl groups is 1. The number of fused-ring (bicyclic) bond motifs is 1. The number of aliphatic hydroxyl groups excluding tert-OH is 1. The third-order valence-electron chi connectivity index (χ3n) is 6.48. The molecule has 0 aromatic carbocycles. The van der Waals surface area contributed by atoms with E-state index in [9.17, 15) is 18.3 Å². The Balaban J connectivity index is 1.31. The normalized spacial score (nSPS) is 20.2. The summed E-state index contributed by atoms with van der Waals surface area (Å²) in [6.07, 6.45) is 4.91. The number of furan rings is 1. The van der Waals surface area contributed by atoms with Gasteiger partial charge in [0.1, 0.15) is 10.8 Å². The number of amides is 2. The largest absolute Gasteiger partial charge is 0.462 e. The first-order valence-electron chi connectivity index (χ1n) is 10.8. The van der Waals surface area contributed by atoms with Crippen LogP contribution in [0.15, 0.2) is 29.0 Å². The predicted octanol–water partition coefficient (Wildman–Crippen LogP) is 1.75. The predicted molar refractivity (Wildman–Crippen MR) is 116 cm³/mol. The van der Waals surface area contributed by atoms with E-state index in [4.69, 9.17) is 4.42 Å². The molecular weight excluding hydrogens is 420 g/mol. The molecule has 10 heteroatoms. The van der Waals surface area contributed by atoms with Gasteiger partial charge in [-0.1, -0.05) is 13.8 Å². The highest BCUT2D eigenvalue weighted by Crippen LogP contribution is 2.35. The molecule has 2 aliphatic rings. The third-order valence-corrected chi connectivity index (χ3v) is 8.70. The van der Waals surface area contributed by atoms with Crippen LogP contribution in [0.5, 0.6) is 0 Å². The number of likely N-dealkylation sites (tertiary alicyclic amines) is 1. The van der Waals surface area contributed by atoms with Crippen LogP contribution in [0.25, 0.3) is 11.1 Å². The molecule has 2 amide bonds. The minimum Gasteiger partial charge on any atom is -0.462 e. The zero-order valence-corrected chi connectivity index (χ0v) is 18.7. The van der Waals surface area contributed by atoms with E-state index in [0.717, 1.165) is 16.7 Å². The van der Waals surface area contributed by atoms with E-state index in [2.05, 4.69) is 10.3 Å². The standard InChI is InChI=1S/C21H30N4O5S/c1-14(2)18(12-26)23-21(27)24-10-16(11-24)31(28,29)25-8-5-15(6-9-25)17-13-30-19-4-3-7-22-20(17)19/h3-4,7,13-16,18,26H,5-6,8-12H2,1-2H3,(H,23,27). The zero-order chi connectivity index (χ0) is 22.2. The van der Waals surface area contributed by atoms with Crippen molar-refractivity contribution in [2.45, 2.75) is 43.9 Å². The molecule has 0 saturated carbocycles. The van der Waals surface area contributed by atoms with Gasteiger partial charge in [-0.15, -0.1) is 0 Å². The first kappa shape index (κ1) is 22.0. The molecule has 0 spiro atoms. The van der Waals surface area contributed by atoms with Crippen LogP contribution in [-0.4, -0.2) is 77.8 Å². The van der Waals surface area contributed by atoms with Crippen LogP contribution in [0, 0.1) is 5.92 Å². The van der Waals surface area contributed by atoms with Crippen molar-refractivity contribution in [1.29, 1.82) is 0 Å². The molecule has 0 bridgehead atoms. The lowest BCUT2D eigenvalue weighted by Crippen LogP contribution is -2.63. The maximum atomic E-state index is 13.0. The summed E-state index contributed by atoms with van der Waals surface area (Å²) in [6.45, 7) is 4.95. The Hall–Kier alpha value is -2.17. The van der Waals surface area contributed by atoms with E-state index in [1.165, 1.54) is 4.90 Å². The molecule has 2 aliphatic heterocycles. The van der Waals surface area contributed by atoms with Gasteiger partial charge in [0.2, 0.25) is 10.0 Å². The van der Waals surface area contributed by atoms with Crippen LogP contribution >= 0.6 is 0 Å². The Morgan fingerprint density at radius 1 is 1.32 bits per heavy atom. The Bertz CT molecular complexity index is 1020. The molecule has 170 valence electrons. The fourth-order valence-electron chi connectivity index (χ4n) is 4.27. The summed E-state index contributed by atoms with van der Waals surface area (Å²) >= 11 is 0. The highest BCUT2D eigenvalue weighted by atomic mass is 32.2. The maximum absolute atomic E-state index is 13.0. The van der Waals surface area contributed by atoms with Crippen molar-refractivity contribution in [1.82, 2.24) is 19.5 Å². The van der Waals surface area contributed by atoms with Crippen LogP contribution in [0.3, 0.4) is 0 Å². The highest BCUT2D eigenvalue weighted by molar-refractivity contribution is 7.89. The Kier molecular flexibility index (Phi) is 6.23. The number of urea groups is 1. The van der Waals surface area contributed by atoms with Crippen LogP contribution in [0.2, 0.25) is 0 Å². The van der Waals surface area contributed by atoms with Crippen molar-refractivity contribution in [2.24, 2.45) is 5.92 Å². The summed E-state index contributed by atoms with van der Waals surface area (Å²) in [5, 5.41) is 11.6. The number of pyridine rings is 1. The van der Waals surface area contributed by atoms with Gasteiger partial charge in [0, 0.05) is 37.9 Å². The first-order valence-corrected chi connectivity index (χ1v) is 12.3.